The minimum absolute atomic E-state index is 0.116. The number of hydrogen-bond donors (Lipinski definition) is 2. The van der Waals surface area contributed by atoms with Crippen molar-refractivity contribution in [3.8, 4) is 28.3 Å². The van der Waals surface area contributed by atoms with Crippen molar-refractivity contribution < 1.29 is 9.50 Å². The second-order valence-corrected chi connectivity index (χ2v) is 5.82. The number of halogens is 1. The van der Waals surface area contributed by atoms with E-state index in [9.17, 15) is 9.50 Å². The van der Waals surface area contributed by atoms with E-state index in [0.29, 0.717) is 22.7 Å². The van der Waals surface area contributed by atoms with Crippen molar-refractivity contribution in [3.05, 3.63) is 66.7 Å². The van der Waals surface area contributed by atoms with Crippen molar-refractivity contribution in [1.29, 1.82) is 0 Å². The van der Waals surface area contributed by atoms with E-state index in [2.05, 4.69) is 20.3 Å². The van der Waals surface area contributed by atoms with E-state index in [1.54, 1.807) is 19.4 Å². The van der Waals surface area contributed by atoms with Gasteiger partial charge in [0, 0.05) is 36.5 Å². The zero-order chi connectivity index (χ0) is 18.1. The van der Waals surface area contributed by atoms with E-state index in [4.69, 9.17) is 0 Å². The molecule has 0 aliphatic rings. The fourth-order valence-corrected chi connectivity index (χ4v) is 2.86. The lowest BCUT2D eigenvalue weighted by Crippen LogP contribution is -1.99. The summed E-state index contributed by atoms with van der Waals surface area (Å²) in [4.78, 5) is 13.3. The first-order chi connectivity index (χ1) is 12.6. The van der Waals surface area contributed by atoms with Crippen molar-refractivity contribution in [1.82, 2.24) is 15.0 Å². The molecule has 2 aromatic heterocycles. The maximum Gasteiger partial charge on any atom is 0.163 e. The molecule has 4 rings (SSSR count). The van der Waals surface area contributed by atoms with Gasteiger partial charge in [0.2, 0.25) is 0 Å². The second-order valence-electron chi connectivity index (χ2n) is 5.82. The van der Waals surface area contributed by atoms with Gasteiger partial charge in [-0.25, -0.2) is 14.4 Å². The summed E-state index contributed by atoms with van der Waals surface area (Å²) in [6.45, 7) is 0. The number of phenolic OH excluding ortho intramolecular Hbond substituents is 1. The van der Waals surface area contributed by atoms with E-state index in [-0.39, 0.29) is 5.75 Å². The number of hydrogen-bond acceptors (Lipinski definition) is 5. The first kappa shape index (κ1) is 16.0. The van der Waals surface area contributed by atoms with E-state index in [1.807, 2.05) is 30.3 Å². The van der Waals surface area contributed by atoms with Gasteiger partial charge in [0.1, 0.15) is 17.4 Å². The summed E-state index contributed by atoms with van der Waals surface area (Å²) in [6, 6.07) is 13.3. The summed E-state index contributed by atoms with van der Waals surface area (Å²) in [5.74, 6) is 0.640. The molecule has 5 nitrogen and oxygen atoms in total. The summed E-state index contributed by atoms with van der Waals surface area (Å²) in [5, 5.41) is 13.6. The molecule has 0 saturated heterocycles. The number of nitrogens with one attached hydrogen (secondary N) is 1. The van der Waals surface area contributed by atoms with Crippen molar-refractivity contribution in [2.75, 3.05) is 12.4 Å². The predicted octanol–water partition coefficient (Wildman–Crippen LogP) is 4.25. The first-order valence-corrected chi connectivity index (χ1v) is 8.04. The third-order valence-corrected chi connectivity index (χ3v) is 4.07. The fourth-order valence-electron chi connectivity index (χ4n) is 2.86. The molecular formula is C20H15FN4O. The molecule has 4 aromatic rings. The Bertz CT molecular complexity index is 1080. The van der Waals surface area contributed by atoms with Crippen LogP contribution in [0.4, 0.5) is 10.2 Å². The van der Waals surface area contributed by atoms with Crippen molar-refractivity contribution in [2.45, 2.75) is 0 Å². The lowest BCUT2D eigenvalue weighted by molar-refractivity contribution is 0.469. The quantitative estimate of drug-likeness (QED) is 0.580. The van der Waals surface area contributed by atoms with Gasteiger partial charge < -0.3 is 10.4 Å². The van der Waals surface area contributed by atoms with E-state index in [0.717, 1.165) is 22.6 Å². The minimum Gasteiger partial charge on any atom is -0.508 e. The summed E-state index contributed by atoms with van der Waals surface area (Å²) in [5.41, 5.74) is 2.85. The van der Waals surface area contributed by atoms with Crippen LogP contribution < -0.4 is 5.32 Å². The van der Waals surface area contributed by atoms with Crippen molar-refractivity contribution in [2.24, 2.45) is 0 Å². The highest BCUT2D eigenvalue weighted by atomic mass is 19.1. The SMILES string of the molecule is CNc1nc(-c2cccnc2)nc2cc(-c3cc(O)cc(F)c3)ccc12. The molecular weight excluding hydrogens is 331 g/mol. The molecule has 0 aliphatic carbocycles. The van der Waals surface area contributed by atoms with Crippen molar-refractivity contribution in [3.63, 3.8) is 0 Å². The number of anilines is 1. The van der Waals surface area contributed by atoms with Gasteiger partial charge in [-0.1, -0.05) is 6.07 Å². The molecule has 0 fully saturated rings. The Labute approximate surface area is 149 Å². The van der Waals surface area contributed by atoms with Crippen LogP contribution in [-0.4, -0.2) is 27.1 Å². The van der Waals surface area contributed by atoms with Crippen LogP contribution in [0.2, 0.25) is 0 Å². The third kappa shape index (κ3) is 2.93. The van der Waals surface area contributed by atoms with Crippen LogP contribution >= 0.6 is 0 Å². The number of rotatable bonds is 3. The molecule has 0 amide bonds. The average molecular weight is 346 g/mol. The van der Waals surface area contributed by atoms with Crippen LogP contribution in [0.25, 0.3) is 33.4 Å². The second kappa shape index (κ2) is 6.40. The number of aromatic hydroxyl groups is 1. The lowest BCUT2D eigenvalue weighted by Gasteiger charge is -2.10. The van der Waals surface area contributed by atoms with Gasteiger partial charge in [-0.15, -0.1) is 0 Å². The van der Waals surface area contributed by atoms with E-state index < -0.39 is 5.82 Å². The Kier molecular flexibility index (Phi) is 3.93. The van der Waals surface area contributed by atoms with Crippen LogP contribution in [0.5, 0.6) is 5.75 Å². The predicted molar refractivity (Wildman–Crippen MR) is 99.4 cm³/mol. The topological polar surface area (TPSA) is 70.9 Å². The van der Waals surface area contributed by atoms with Gasteiger partial charge in [0.15, 0.2) is 5.82 Å². The van der Waals surface area contributed by atoms with Crippen molar-refractivity contribution >= 4 is 16.7 Å². The minimum atomic E-state index is -0.491. The zero-order valence-electron chi connectivity index (χ0n) is 13.9. The summed E-state index contributed by atoms with van der Waals surface area (Å²) in [7, 11) is 1.80. The highest BCUT2D eigenvalue weighted by Crippen LogP contribution is 2.30. The number of pyridine rings is 1. The van der Waals surface area contributed by atoms with Gasteiger partial charge in [-0.05, 0) is 47.5 Å². The molecule has 2 N–H and O–H groups in total. The molecule has 2 heterocycles. The third-order valence-electron chi connectivity index (χ3n) is 4.07. The molecule has 2 aromatic carbocycles. The lowest BCUT2D eigenvalue weighted by atomic mass is 10.0. The van der Waals surface area contributed by atoms with Crippen LogP contribution in [0.1, 0.15) is 0 Å². The average Bonchev–Trinajstić information content (AvgIpc) is 2.66. The van der Waals surface area contributed by atoms with E-state index >= 15 is 0 Å². The Balaban J connectivity index is 1.91. The molecule has 6 heteroatoms. The van der Waals surface area contributed by atoms with Crippen LogP contribution in [-0.2, 0) is 0 Å². The van der Waals surface area contributed by atoms with Crippen LogP contribution in [0.15, 0.2) is 60.9 Å². The van der Waals surface area contributed by atoms with Gasteiger partial charge in [-0.3, -0.25) is 4.98 Å². The Hall–Kier alpha value is -3.54. The maximum atomic E-state index is 13.6. The first-order valence-electron chi connectivity index (χ1n) is 8.04. The Morgan fingerprint density at radius 1 is 0.962 bits per heavy atom. The molecule has 0 atom stereocenters. The number of nitrogens with zero attached hydrogens (tertiary/aromatic N) is 3. The number of fused-ring (bicyclic) bond motifs is 1. The Morgan fingerprint density at radius 2 is 1.85 bits per heavy atom. The van der Waals surface area contributed by atoms with Crippen LogP contribution in [0, 0.1) is 5.82 Å². The Morgan fingerprint density at radius 3 is 2.58 bits per heavy atom. The number of aromatic nitrogens is 3. The normalized spacial score (nSPS) is 10.8. The number of phenols is 1. The fraction of sp³-hybridized carbons (Fsp3) is 0.0500. The van der Waals surface area contributed by atoms with Crippen LogP contribution in [0.3, 0.4) is 0 Å². The molecule has 0 saturated carbocycles. The number of benzene rings is 2. The molecule has 26 heavy (non-hydrogen) atoms. The smallest absolute Gasteiger partial charge is 0.163 e. The summed E-state index contributed by atoms with van der Waals surface area (Å²) in [6.07, 6.45) is 3.40. The molecule has 0 aliphatic heterocycles. The van der Waals surface area contributed by atoms with Gasteiger partial charge in [-0.2, -0.15) is 0 Å². The molecule has 128 valence electrons. The van der Waals surface area contributed by atoms with Gasteiger partial charge >= 0.3 is 0 Å². The zero-order valence-corrected chi connectivity index (χ0v) is 13.9. The standard InChI is InChI=1S/C20H15FN4O/c1-22-20-17-5-4-12(14-7-15(21)10-16(26)8-14)9-18(17)24-19(25-20)13-3-2-6-23-11-13/h2-11,26H,1H3,(H,22,24,25). The van der Waals surface area contributed by atoms with Gasteiger partial charge in [0.05, 0.1) is 5.52 Å². The molecule has 0 unspecified atom stereocenters. The van der Waals surface area contributed by atoms with E-state index in [1.165, 1.54) is 12.1 Å². The maximum absolute atomic E-state index is 13.6. The highest BCUT2D eigenvalue weighted by molar-refractivity contribution is 5.93. The monoisotopic (exact) mass is 346 g/mol. The summed E-state index contributed by atoms with van der Waals surface area (Å²) < 4.78 is 13.6. The highest BCUT2D eigenvalue weighted by Gasteiger charge is 2.11. The molecule has 0 spiro atoms. The largest absolute Gasteiger partial charge is 0.508 e. The summed E-state index contributed by atoms with van der Waals surface area (Å²) >= 11 is 0. The van der Waals surface area contributed by atoms with Gasteiger partial charge in [0.25, 0.3) is 0 Å². The molecule has 0 bridgehead atoms. The molecule has 0 radical (unpaired) electrons.